The molecule has 0 aliphatic heterocycles. The fraction of sp³-hybridized carbons (Fsp3) is 0.524. The fourth-order valence-corrected chi connectivity index (χ4v) is 2.72. The van der Waals surface area contributed by atoms with Gasteiger partial charge in [-0.15, -0.1) is 5.10 Å². The van der Waals surface area contributed by atoms with Crippen molar-refractivity contribution in [1.29, 1.82) is 0 Å². The number of rotatable bonds is 4. The Bertz CT molecular complexity index is 1090. The van der Waals surface area contributed by atoms with Gasteiger partial charge in [-0.25, -0.2) is 23.2 Å². The number of alkyl carbamates (subject to hydrolysis) is 1. The lowest BCUT2D eigenvalue weighted by Gasteiger charge is -2.21. The molecule has 11 heteroatoms. The summed E-state index contributed by atoms with van der Waals surface area (Å²) in [5.74, 6) is -3.08. The number of aromatic nitrogens is 3. The van der Waals surface area contributed by atoms with Gasteiger partial charge in [0.25, 0.3) is 0 Å². The quantitative estimate of drug-likeness (QED) is 0.710. The van der Waals surface area contributed by atoms with E-state index in [1.54, 1.807) is 48.5 Å². The first-order chi connectivity index (χ1) is 14.5. The Balaban J connectivity index is 2.39. The van der Waals surface area contributed by atoms with E-state index in [0.29, 0.717) is 16.8 Å². The second kappa shape index (κ2) is 8.71. The lowest BCUT2D eigenvalue weighted by molar-refractivity contribution is 0.00638. The molecular formula is C21H28F2N4O5. The zero-order valence-corrected chi connectivity index (χ0v) is 19.4. The highest BCUT2D eigenvalue weighted by Gasteiger charge is 2.26. The molecular weight excluding hydrogens is 426 g/mol. The van der Waals surface area contributed by atoms with Gasteiger partial charge in [0, 0.05) is 13.1 Å². The van der Waals surface area contributed by atoms with Crippen LogP contribution in [0, 0.1) is 11.6 Å². The van der Waals surface area contributed by atoms with Gasteiger partial charge < -0.3 is 14.8 Å². The minimum absolute atomic E-state index is 0.0805. The van der Waals surface area contributed by atoms with E-state index in [2.05, 4.69) is 10.4 Å². The zero-order valence-electron chi connectivity index (χ0n) is 19.4. The minimum Gasteiger partial charge on any atom is -0.456 e. The maximum atomic E-state index is 14.8. The summed E-state index contributed by atoms with van der Waals surface area (Å²) in [6, 6.07) is 0.568. The summed E-state index contributed by atoms with van der Waals surface area (Å²) in [5.41, 5.74) is -3.51. The fourth-order valence-electron chi connectivity index (χ4n) is 2.72. The smallest absolute Gasteiger partial charge is 0.408 e. The zero-order chi connectivity index (χ0) is 24.6. The molecule has 0 saturated heterocycles. The van der Waals surface area contributed by atoms with E-state index in [1.165, 1.54) is 7.05 Å². The predicted molar refractivity (Wildman–Crippen MR) is 112 cm³/mol. The highest BCUT2D eigenvalue weighted by Crippen LogP contribution is 2.21. The van der Waals surface area contributed by atoms with Gasteiger partial charge >= 0.3 is 17.8 Å². The number of halogens is 2. The van der Waals surface area contributed by atoms with Gasteiger partial charge in [-0.3, -0.25) is 4.57 Å². The van der Waals surface area contributed by atoms with Crippen molar-refractivity contribution in [2.45, 2.75) is 65.7 Å². The van der Waals surface area contributed by atoms with Crippen LogP contribution in [0.25, 0.3) is 5.69 Å². The summed E-state index contributed by atoms with van der Waals surface area (Å²) in [6.07, 6.45) is -0.731. The van der Waals surface area contributed by atoms with Crippen molar-refractivity contribution in [3.8, 4) is 5.69 Å². The van der Waals surface area contributed by atoms with E-state index in [4.69, 9.17) is 9.47 Å². The number of amides is 1. The summed E-state index contributed by atoms with van der Waals surface area (Å²) in [5, 5.41) is 6.57. The number of benzene rings is 1. The van der Waals surface area contributed by atoms with Gasteiger partial charge in [0.15, 0.2) is 5.82 Å². The van der Waals surface area contributed by atoms with Crippen molar-refractivity contribution in [3.05, 3.63) is 45.6 Å². The van der Waals surface area contributed by atoms with Crippen molar-refractivity contribution in [2.75, 3.05) is 0 Å². The van der Waals surface area contributed by atoms with Crippen molar-refractivity contribution in [3.63, 3.8) is 0 Å². The summed E-state index contributed by atoms with van der Waals surface area (Å²) >= 11 is 0. The van der Waals surface area contributed by atoms with E-state index < -0.39 is 57.9 Å². The molecule has 1 aromatic heterocycles. The Morgan fingerprint density at radius 2 is 1.59 bits per heavy atom. The molecule has 0 aliphatic carbocycles. The summed E-state index contributed by atoms with van der Waals surface area (Å²) < 4.78 is 41.3. The minimum atomic E-state index is -1.07. The molecule has 0 radical (unpaired) electrons. The maximum absolute atomic E-state index is 14.8. The molecule has 2 rings (SSSR count). The number of hydrogen-bond donors (Lipinski definition) is 1. The number of carbonyl (C=O) groups is 2. The number of carbonyl (C=O) groups excluding carboxylic acids is 2. The highest BCUT2D eigenvalue weighted by atomic mass is 19.1. The third kappa shape index (κ3) is 5.92. The van der Waals surface area contributed by atoms with Crippen LogP contribution in [-0.2, 0) is 16.5 Å². The molecule has 1 amide bonds. The van der Waals surface area contributed by atoms with Crippen LogP contribution in [0.5, 0.6) is 0 Å². The average molecular weight is 454 g/mol. The third-order valence-corrected chi connectivity index (χ3v) is 4.02. The molecule has 1 aromatic carbocycles. The second-order valence-corrected chi connectivity index (χ2v) is 9.26. The first-order valence-corrected chi connectivity index (χ1v) is 9.88. The number of ether oxygens (including phenoxy) is 2. The Morgan fingerprint density at radius 1 is 1.03 bits per heavy atom. The molecule has 0 saturated carbocycles. The molecule has 0 spiro atoms. The first-order valence-electron chi connectivity index (χ1n) is 9.88. The van der Waals surface area contributed by atoms with E-state index >= 15 is 0 Å². The van der Waals surface area contributed by atoms with Crippen LogP contribution >= 0.6 is 0 Å². The van der Waals surface area contributed by atoms with E-state index in [9.17, 15) is 23.2 Å². The molecule has 0 unspecified atom stereocenters. The molecule has 9 nitrogen and oxygen atoms in total. The van der Waals surface area contributed by atoms with Gasteiger partial charge in [0.2, 0.25) is 0 Å². The highest BCUT2D eigenvalue weighted by molar-refractivity contribution is 5.90. The second-order valence-electron chi connectivity index (χ2n) is 9.26. The molecule has 32 heavy (non-hydrogen) atoms. The van der Waals surface area contributed by atoms with Crippen LogP contribution in [0.3, 0.4) is 0 Å². The van der Waals surface area contributed by atoms with Crippen molar-refractivity contribution < 1.29 is 27.8 Å². The van der Waals surface area contributed by atoms with Gasteiger partial charge in [0.1, 0.15) is 28.5 Å². The molecule has 1 heterocycles. The van der Waals surface area contributed by atoms with Crippen LogP contribution in [0.4, 0.5) is 13.6 Å². The standard InChI is InChI=1S/C21H28F2N4O5/c1-11(24-18(29)32-21(5,6)7)16-25-27(19(30)26(16)8)15-10-13(22)12(9-14(15)23)17(28)31-20(2,3)4/h9-11H,1-8H3,(H,24,29)/t11-/m1/s1. The number of hydrogen-bond acceptors (Lipinski definition) is 6. The molecule has 176 valence electrons. The van der Waals surface area contributed by atoms with Crippen LogP contribution in [0.2, 0.25) is 0 Å². The van der Waals surface area contributed by atoms with E-state index in [0.717, 1.165) is 4.57 Å². The Labute approximate surface area is 184 Å². The summed E-state index contributed by atoms with van der Waals surface area (Å²) in [4.78, 5) is 36.8. The van der Waals surface area contributed by atoms with Crippen LogP contribution in [-0.4, -0.2) is 37.6 Å². The predicted octanol–water partition coefficient (Wildman–Crippen LogP) is 3.39. The molecule has 1 N–H and O–H groups in total. The lowest BCUT2D eigenvalue weighted by atomic mass is 10.1. The molecule has 2 aromatic rings. The SMILES string of the molecule is C[C@@H](NC(=O)OC(C)(C)C)c1nn(-c2cc(F)c(C(=O)OC(C)(C)C)cc2F)c(=O)n1C. The monoisotopic (exact) mass is 454 g/mol. The van der Waals surface area contributed by atoms with E-state index in [1.807, 2.05) is 0 Å². The molecule has 0 fully saturated rings. The normalized spacial score (nSPS) is 12.9. The topological polar surface area (TPSA) is 104 Å². The third-order valence-electron chi connectivity index (χ3n) is 4.02. The largest absolute Gasteiger partial charge is 0.456 e. The van der Waals surface area contributed by atoms with Gasteiger partial charge in [-0.05, 0) is 54.5 Å². The van der Waals surface area contributed by atoms with Gasteiger partial charge in [0.05, 0.1) is 11.6 Å². The molecule has 0 aliphatic rings. The van der Waals surface area contributed by atoms with Crippen LogP contribution in [0.1, 0.15) is 70.7 Å². The Morgan fingerprint density at radius 3 is 2.12 bits per heavy atom. The Hall–Kier alpha value is -3.24. The Kier molecular flexibility index (Phi) is 6.82. The number of nitrogens with one attached hydrogen (secondary N) is 1. The molecule has 1 atom stereocenters. The first kappa shape index (κ1) is 25.0. The van der Waals surface area contributed by atoms with Crippen molar-refractivity contribution >= 4 is 12.1 Å². The number of esters is 1. The lowest BCUT2D eigenvalue weighted by Crippen LogP contribution is -2.35. The number of nitrogens with zero attached hydrogens (tertiary/aromatic N) is 3. The van der Waals surface area contributed by atoms with Crippen molar-refractivity contribution in [2.24, 2.45) is 7.05 Å². The van der Waals surface area contributed by atoms with Gasteiger partial charge in [-0.2, -0.15) is 4.68 Å². The summed E-state index contributed by atoms with van der Waals surface area (Å²) in [6.45, 7) is 11.4. The maximum Gasteiger partial charge on any atom is 0.408 e. The summed E-state index contributed by atoms with van der Waals surface area (Å²) in [7, 11) is 1.37. The van der Waals surface area contributed by atoms with Crippen molar-refractivity contribution in [1.82, 2.24) is 19.7 Å². The van der Waals surface area contributed by atoms with Crippen LogP contribution < -0.4 is 11.0 Å². The molecule has 0 bridgehead atoms. The van der Waals surface area contributed by atoms with E-state index in [-0.39, 0.29) is 5.82 Å². The average Bonchev–Trinajstić information content (AvgIpc) is 2.88. The van der Waals surface area contributed by atoms with Crippen LogP contribution in [0.15, 0.2) is 16.9 Å². The van der Waals surface area contributed by atoms with Gasteiger partial charge in [-0.1, -0.05) is 0 Å².